The molecule has 168 valence electrons. The fourth-order valence-corrected chi connectivity index (χ4v) is 25.6. The van der Waals surface area contributed by atoms with E-state index in [9.17, 15) is 5.11 Å². The van der Waals surface area contributed by atoms with E-state index in [4.69, 9.17) is 42.4 Å². The lowest BCUT2D eigenvalue weighted by Crippen LogP contribution is -2.70. The van der Waals surface area contributed by atoms with Gasteiger partial charge in [-0.2, -0.15) is 0 Å². The topological polar surface area (TPSA) is 113 Å². The highest BCUT2D eigenvalue weighted by Gasteiger charge is 2.61. The smallest absolute Gasteiger partial charge is 0.397 e. The van der Waals surface area contributed by atoms with E-state index in [-0.39, 0.29) is 6.23 Å². The lowest BCUT2D eigenvalue weighted by Gasteiger charge is -2.47. The van der Waals surface area contributed by atoms with Gasteiger partial charge in [-0.3, -0.25) is 0 Å². The first-order chi connectivity index (χ1) is 12.7. The van der Waals surface area contributed by atoms with Gasteiger partial charge in [0.1, 0.15) is 0 Å². The summed E-state index contributed by atoms with van der Waals surface area (Å²) in [6.45, 7) is 10.6. The van der Waals surface area contributed by atoms with Crippen LogP contribution in [-0.4, -0.2) is 92.8 Å². The first-order valence-corrected chi connectivity index (χ1v) is 22.2. The second-order valence-electron chi connectivity index (χ2n) is 6.77. The van der Waals surface area contributed by atoms with E-state index < -0.39 is 53.1 Å². The number of hydrogen-bond donors (Lipinski definition) is 1. The standard InChI is InChI=1S/C11H34O11Si6/c1-13-24(6,11-12)19-27(9)17-23(5)18-28(10,22-27)21-26(8,16-4)20-25(7,14-2)15-3/h12,23H,11H2,1-10H3. The summed E-state index contributed by atoms with van der Waals surface area (Å²) in [6, 6.07) is 0. The van der Waals surface area contributed by atoms with Crippen molar-refractivity contribution in [3.8, 4) is 0 Å². The minimum atomic E-state index is -3.26. The molecule has 0 bridgehead atoms. The van der Waals surface area contributed by atoms with Crippen LogP contribution >= 0.6 is 0 Å². The fourth-order valence-electron chi connectivity index (χ4n) is 2.58. The summed E-state index contributed by atoms with van der Waals surface area (Å²) < 4.78 is 58.3. The summed E-state index contributed by atoms with van der Waals surface area (Å²) in [5.74, 6) is 0. The van der Waals surface area contributed by atoms with Crippen LogP contribution in [0.1, 0.15) is 0 Å². The molecule has 5 atom stereocenters. The van der Waals surface area contributed by atoms with E-state index in [1.54, 1.807) is 32.7 Å². The number of hydrogen-bond acceptors (Lipinski definition) is 11. The van der Waals surface area contributed by atoms with Crippen molar-refractivity contribution in [2.75, 3.05) is 34.7 Å². The molecule has 0 aromatic rings. The van der Waals surface area contributed by atoms with Crippen molar-refractivity contribution in [3.05, 3.63) is 0 Å². The van der Waals surface area contributed by atoms with Crippen LogP contribution in [0.5, 0.6) is 0 Å². The zero-order valence-electron chi connectivity index (χ0n) is 18.3. The largest absolute Gasteiger partial charge is 0.489 e. The van der Waals surface area contributed by atoms with E-state index in [2.05, 4.69) is 0 Å². The molecule has 0 aliphatic carbocycles. The first kappa shape index (κ1) is 26.9. The van der Waals surface area contributed by atoms with Gasteiger partial charge in [0.25, 0.3) is 0 Å². The monoisotopic (exact) mass is 510 g/mol. The molecular weight excluding hydrogens is 477 g/mol. The molecule has 11 nitrogen and oxygen atoms in total. The molecule has 1 saturated heterocycles. The average molecular weight is 511 g/mol. The zero-order chi connectivity index (χ0) is 21.9. The molecular formula is C11H34O11Si6. The Labute approximate surface area is 174 Å². The summed E-state index contributed by atoms with van der Waals surface area (Å²) in [5.41, 5.74) is 0. The third-order valence-electron chi connectivity index (χ3n) is 4.11. The van der Waals surface area contributed by atoms with Gasteiger partial charge in [-0.15, -0.1) is 0 Å². The number of rotatable bonds is 11. The van der Waals surface area contributed by atoms with Crippen LogP contribution in [0.25, 0.3) is 0 Å². The van der Waals surface area contributed by atoms with Crippen molar-refractivity contribution in [3.63, 3.8) is 0 Å². The lowest BCUT2D eigenvalue weighted by atomic mass is 11.7. The Balaban J connectivity index is 3.07. The SMILES string of the molecule is CO[Si](C)(CO)O[Si]1(C)O[SiH](C)O[Si](C)(O[Si](C)(OC)O[Si](C)(OC)OC)O1. The van der Waals surface area contributed by atoms with Crippen LogP contribution in [0, 0.1) is 0 Å². The molecule has 1 heterocycles. The Morgan fingerprint density at radius 2 is 1.29 bits per heavy atom. The van der Waals surface area contributed by atoms with Gasteiger partial charge in [0.15, 0.2) is 0 Å². The Hall–Kier alpha value is 0.861. The molecule has 1 fully saturated rings. The molecule has 28 heavy (non-hydrogen) atoms. The van der Waals surface area contributed by atoms with Crippen molar-refractivity contribution < 1.29 is 47.5 Å². The Morgan fingerprint density at radius 1 is 0.821 bits per heavy atom. The van der Waals surface area contributed by atoms with Crippen molar-refractivity contribution in [1.82, 2.24) is 0 Å². The lowest BCUT2D eigenvalue weighted by molar-refractivity contribution is 0.0748. The van der Waals surface area contributed by atoms with Gasteiger partial charge in [0.2, 0.25) is 0 Å². The Bertz CT molecular complexity index is 511. The maximum absolute atomic E-state index is 9.66. The second kappa shape index (κ2) is 9.99. The van der Waals surface area contributed by atoms with E-state index in [0.717, 1.165) is 0 Å². The van der Waals surface area contributed by atoms with Crippen LogP contribution in [0.2, 0.25) is 39.3 Å². The molecule has 17 heteroatoms. The summed E-state index contributed by atoms with van der Waals surface area (Å²) >= 11 is 0. The van der Waals surface area contributed by atoms with Gasteiger partial charge in [-0.05, 0) is 13.1 Å². The molecule has 1 aliphatic rings. The zero-order valence-corrected chi connectivity index (χ0v) is 24.5. The van der Waals surface area contributed by atoms with Crippen LogP contribution in [0.15, 0.2) is 0 Å². The minimum absolute atomic E-state index is 0.228. The van der Waals surface area contributed by atoms with Gasteiger partial charge >= 0.3 is 53.1 Å². The molecule has 1 aliphatic heterocycles. The van der Waals surface area contributed by atoms with E-state index in [0.29, 0.717) is 0 Å². The van der Waals surface area contributed by atoms with E-state index in [1.807, 2.05) is 6.55 Å². The van der Waals surface area contributed by atoms with Crippen LogP contribution < -0.4 is 0 Å². The summed E-state index contributed by atoms with van der Waals surface area (Å²) in [6.07, 6.45) is -0.228. The van der Waals surface area contributed by atoms with Crippen LogP contribution in [0.4, 0.5) is 0 Å². The third-order valence-corrected chi connectivity index (χ3v) is 26.0. The Kier molecular flexibility index (Phi) is 9.59. The van der Waals surface area contributed by atoms with Crippen molar-refractivity contribution in [2.24, 2.45) is 0 Å². The highest BCUT2D eigenvalue weighted by atomic mass is 28.6. The maximum atomic E-state index is 9.66. The molecule has 1 rings (SSSR count). The molecule has 0 spiro atoms. The van der Waals surface area contributed by atoms with Crippen LogP contribution in [0.3, 0.4) is 0 Å². The van der Waals surface area contributed by atoms with Gasteiger partial charge in [-0.1, -0.05) is 0 Å². The van der Waals surface area contributed by atoms with E-state index >= 15 is 0 Å². The van der Waals surface area contributed by atoms with Crippen molar-refractivity contribution >= 4 is 53.1 Å². The minimum Gasteiger partial charge on any atom is -0.397 e. The van der Waals surface area contributed by atoms with E-state index in [1.165, 1.54) is 28.4 Å². The van der Waals surface area contributed by atoms with Crippen molar-refractivity contribution in [1.29, 1.82) is 0 Å². The van der Waals surface area contributed by atoms with Crippen LogP contribution in [-0.2, 0) is 42.4 Å². The number of aliphatic hydroxyl groups excluding tert-OH is 1. The highest BCUT2D eigenvalue weighted by Crippen LogP contribution is 2.32. The quantitative estimate of drug-likeness (QED) is 0.390. The second-order valence-corrected chi connectivity index (χ2v) is 24.2. The van der Waals surface area contributed by atoms with Gasteiger partial charge in [-0.25, -0.2) is 0 Å². The van der Waals surface area contributed by atoms with Gasteiger partial charge in [0.05, 0.1) is 6.23 Å². The molecule has 1 N–H and O–H groups in total. The normalized spacial score (nSPS) is 33.3. The maximum Gasteiger partial charge on any atom is 0.489 e. The molecule has 0 radical (unpaired) electrons. The highest BCUT2D eigenvalue weighted by molar-refractivity contribution is 6.90. The summed E-state index contributed by atoms with van der Waals surface area (Å²) in [7, 11) is -11.6. The predicted molar refractivity (Wildman–Crippen MR) is 113 cm³/mol. The summed E-state index contributed by atoms with van der Waals surface area (Å²) in [4.78, 5) is 0. The molecule has 5 unspecified atom stereocenters. The Morgan fingerprint density at radius 3 is 1.68 bits per heavy atom. The van der Waals surface area contributed by atoms with Gasteiger partial charge < -0.3 is 47.5 Å². The fraction of sp³-hybridized carbons (Fsp3) is 1.00. The molecule has 0 aromatic heterocycles. The molecule has 0 saturated carbocycles. The molecule has 0 aromatic carbocycles. The van der Waals surface area contributed by atoms with Gasteiger partial charge in [0, 0.05) is 54.6 Å². The first-order valence-electron chi connectivity index (χ1n) is 8.71. The predicted octanol–water partition coefficient (Wildman–Crippen LogP) is 0.414. The summed E-state index contributed by atoms with van der Waals surface area (Å²) in [5, 5.41) is 9.66. The third kappa shape index (κ3) is 7.23. The number of aliphatic hydroxyl groups is 1. The molecule has 0 amide bonds. The van der Waals surface area contributed by atoms with Crippen molar-refractivity contribution in [2.45, 2.75) is 39.3 Å². The average Bonchev–Trinajstić information content (AvgIpc) is 2.59.